The Balaban J connectivity index is 2.36. The van der Waals surface area contributed by atoms with E-state index in [2.05, 4.69) is 0 Å². The van der Waals surface area contributed by atoms with E-state index in [4.69, 9.17) is 15.7 Å². The van der Waals surface area contributed by atoms with Crippen molar-refractivity contribution in [3.8, 4) is 11.8 Å². The van der Waals surface area contributed by atoms with Crippen molar-refractivity contribution in [1.82, 2.24) is 0 Å². The molecule has 0 saturated carbocycles. The van der Waals surface area contributed by atoms with Gasteiger partial charge in [-0.15, -0.1) is 0 Å². The number of nitrogen functional groups attached to an aromatic ring is 1. The Morgan fingerprint density at radius 2 is 1.86 bits per heavy atom. The normalized spacial score (nSPS) is 10.9. The van der Waals surface area contributed by atoms with Crippen LogP contribution in [0, 0.1) is 11.3 Å². The highest BCUT2D eigenvalue weighted by Gasteiger charge is 2.20. The van der Waals surface area contributed by atoms with E-state index in [1.807, 2.05) is 6.07 Å². The van der Waals surface area contributed by atoms with Gasteiger partial charge in [0.15, 0.2) is 9.84 Å². The molecule has 0 amide bonds. The highest BCUT2D eigenvalue weighted by atomic mass is 32.2. The zero-order valence-electron chi connectivity index (χ0n) is 11.4. The number of rotatable bonds is 4. The first-order chi connectivity index (χ1) is 9.96. The van der Waals surface area contributed by atoms with Crippen LogP contribution in [-0.4, -0.2) is 15.5 Å². The van der Waals surface area contributed by atoms with E-state index in [1.165, 1.54) is 25.3 Å². The summed E-state index contributed by atoms with van der Waals surface area (Å²) in [5.74, 6) is 0.0579. The number of hydrogen-bond donors (Lipinski definition) is 1. The fourth-order valence-electron chi connectivity index (χ4n) is 1.91. The Morgan fingerprint density at radius 3 is 2.43 bits per heavy atom. The Hall–Kier alpha value is -2.52. The lowest BCUT2D eigenvalue weighted by atomic mass is 10.2. The van der Waals surface area contributed by atoms with Gasteiger partial charge in [0.05, 0.1) is 24.5 Å². The average molecular weight is 302 g/mol. The van der Waals surface area contributed by atoms with E-state index in [-0.39, 0.29) is 16.4 Å². The Labute approximate surface area is 123 Å². The number of benzene rings is 2. The molecule has 2 rings (SSSR count). The molecule has 21 heavy (non-hydrogen) atoms. The summed E-state index contributed by atoms with van der Waals surface area (Å²) in [6.45, 7) is 0. The van der Waals surface area contributed by atoms with Crippen LogP contribution in [0.15, 0.2) is 47.4 Å². The van der Waals surface area contributed by atoms with E-state index in [0.717, 1.165) is 0 Å². The van der Waals surface area contributed by atoms with Crippen LogP contribution in [0.5, 0.6) is 5.75 Å². The van der Waals surface area contributed by atoms with E-state index >= 15 is 0 Å². The highest BCUT2D eigenvalue weighted by Crippen LogP contribution is 2.28. The molecule has 5 nitrogen and oxygen atoms in total. The van der Waals surface area contributed by atoms with Crippen LogP contribution in [0.4, 0.5) is 5.69 Å². The van der Waals surface area contributed by atoms with Gasteiger partial charge in [-0.05, 0) is 29.8 Å². The third-order valence-electron chi connectivity index (χ3n) is 2.96. The molecule has 2 aromatic rings. The van der Waals surface area contributed by atoms with Crippen molar-refractivity contribution in [1.29, 1.82) is 5.26 Å². The van der Waals surface area contributed by atoms with Crippen molar-refractivity contribution < 1.29 is 13.2 Å². The molecule has 108 valence electrons. The Bertz CT molecular complexity index is 791. The minimum atomic E-state index is -3.56. The number of nitriles is 1. The van der Waals surface area contributed by atoms with Gasteiger partial charge in [0.25, 0.3) is 0 Å². The minimum absolute atomic E-state index is 0.101. The summed E-state index contributed by atoms with van der Waals surface area (Å²) < 4.78 is 30.0. The average Bonchev–Trinajstić information content (AvgIpc) is 2.47. The summed E-state index contributed by atoms with van der Waals surface area (Å²) in [5.41, 5.74) is 7.15. The number of hydrogen-bond acceptors (Lipinski definition) is 5. The SMILES string of the molecule is COc1cc(N)ccc1S(=O)(=O)Cc1ccc(C#N)cc1. The number of ether oxygens (including phenoxy) is 1. The van der Waals surface area contributed by atoms with Gasteiger partial charge in [0.1, 0.15) is 10.6 Å². The van der Waals surface area contributed by atoms with Gasteiger partial charge in [-0.1, -0.05) is 12.1 Å². The molecule has 2 aromatic carbocycles. The van der Waals surface area contributed by atoms with Crippen LogP contribution in [0.3, 0.4) is 0 Å². The molecule has 0 heterocycles. The molecule has 0 saturated heterocycles. The molecule has 0 spiro atoms. The second-order valence-corrected chi connectivity index (χ2v) is 6.44. The topological polar surface area (TPSA) is 93.2 Å². The molecular weight excluding hydrogens is 288 g/mol. The Kier molecular flexibility index (Phi) is 4.15. The fraction of sp³-hybridized carbons (Fsp3) is 0.133. The number of nitrogens with zero attached hydrogens (tertiary/aromatic N) is 1. The number of methoxy groups -OCH3 is 1. The first-order valence-electron chi connectivity index (χ1n) is 6.11. The van der Waals surface area contributed by atoms with Crippen LogP contribution in [-0.2, 0) is 15.6 Å². The van der Waals surface area contributed by atoms with Crippen LogP contribution in [0.25, 0.3) is 0 Å². The molecule has 2 N–H and O–H groups in total. The maximum Gasteiger partial charge on any atom is 0.186 e. The second-order valence-electron chi connectivity index (χ2n) is 4.48. The molecule has 0 aliphatic rings. The smallest absolute Gasteiger partial charge is 0.186 e. The molecule has 0 unspecified atom stereocenters. The molecule has 0 fully saturated rings. The lowest BCUT2D eigenvalue weighted by Crippen LogP contribution is -2.07. The van der Waals surface area contributed by atoms with Crippen molar-refractivity contribution in [3.63, 3.8) is 0 Å². The lowest BCUT2D eigenvalue weighted by Gasteiger charge is -2.10. The molecule has 0 aliphatic carbocycles. The van der Waals surface area contributed by atoms with Crippen molar-refractivity contribution in [2.75, 3.05) is 12.8 Å². The van der Waals surface area contributed by atoms with Gasteiger partial charge in [-0.3, -0.25) is 0 Å². The van der Waals surface area contributed by atoms with Crippen LogP contribution < -0.4 is 10.5 Å². The van der Waals surface area contributed by atoms with Crippen LogP contribution in [0.2, 0.25) is 0 Å². The number of nitrogens with two attached hydrogens (primary N) is 1. The molecule has 0 atom stereocenters. The van der Waals surface area contributed by atoms with E-state index in [1.54, 1.807) is 24.3 Å². The van der Waals surface area contributed by atoms with Gasteiger partial charge < -0.3 is 10.5 Å². The van der Waals surface area contributed by atoms with Gasteiger partial charge >= 0.3 is 0 Å². The monoisotopic (exact) mass is 302 g/mol. The van der Waals surface area contributed by atoms with Gasteiger partial charge in [0.2, 0.25) is 0 Å². The quantitative estimate of drug-likeness (QED) is 0.873. The minimum Gasteiger partial charge on any atom is -0.495 e. The zero-order chi connectivity index (χ0) is 15.5. The lowest BCUT2D eigenvalue weighted by molar-refractivity contribution is 0.403. The summed E-state index contributed by atoms with van der Waals surface area (Å²) in [4.78, 5) is 0.101. The number of sulfone groups is 1. The molecular formula is C15H14N2O3S. The van der Waals surface area contributed by atoms with Gasteiger partial charge in [-0.25, -0.2) is 8.42 Å². The van der Waals surface area contributed by atoms with Crippen LogP contribution in [0.1, 0.15) is 11.1 Å². The van der Waals surface area contributed by atoms with Gasteiger partial charge in [0, 0.05) is 11.8 Å². The maximum atomic E-state index is 12.5. The maximum absolute atomic E-state index is 12.5. The van der Waals surface area contributed by atoms with E-state index in [9.17, 15) is 8.42 Å². The third kappa shape index (κ3) is 3.33. The molecule has 0 bridgehead atoms. The summed E-state index contributed by atoms with van der Waals surface area (Å²) in [5, 5.41) is 8.74. The van der Waals surface area contributed by atoms with E-state index < -0.39 is 9.84 Å². The summed E-state index contributed by atoms with van der Waals surface area (Å²) in [6.07, 6.45) is 0. The number of anilines is 1. The predicted octanol–water partition coefficient (Wildman–Crippen LogP) is 2.12. The second kappa shape index (κ2) is 5.85. The molecule has 6 heteroatoms. The fourth-order valence-corrected chi connectivity index (χ4v) is 3.42. The molecule has 0 aliphatic heterocycles. The first kappa shape index (κ1) is 14.9. The first-order valence-corrected chi connectivity index (χ1v) is 7.77. The Morgan fingerprint density at radius 1 is 1.19 bits per heavy atom. The van der Waals surface area contributed by atoms with Crippen molar-refractivity contribution in [2.45, 2.75) is 10.6 Å². The summed E-state index contributed by atoms with van der Waals surface area (Å²) in [6, 6.07) is 12.9. The molecule has 0 radical (unpaired) electrons. The molecule has 0 aromatic heterocycles. The highest BCUT2D eigenvalue weighted by molar-refractivity contribution is 7.90. The third-order valence-corrected chi connectivity index (χ3v) is 4.68. The largest absolute Gasteiger partial charge is 0.495 e. The van der Waals surface area contributed by atoms with Crippen LogP contribution >= 0.6 is 0 Å². The van der Waals surface area contributed by atoms with Gasteiger partial charge in [-0.2, -0.15) is 5.26 Å². The standard InChI is InChI=1S/C15H14N2O3S/c1-20-14-8-13(17)6-7-15(14)21(18,19)10-12-4-2-11(9-16)3-5-12/h2-8H,10,17H2,1H3. The van der Waals surface area contributed by atoms with Crippen molar-refractivity contribution in [2.24, 2.45) is 0 Å². The van der Waals surface area contributed by atoms with E-state index in [0.29, 0.717) is 16.8 Å². The predicted molar refractivity (Wildman–Crippen MR) is 79.5 cm³/mol. The summed E-state index contributed by atoms with van der Waals surface area (Å²) >= 11 is 0. The zero-order valence-corrected chi connectivity index (χ0v) is 12.2. The van der Waals surface area contributed by atoms with Crippen molar-refractivity contribution in [3.05, 3.63) is 53.6 Å². The van der Waals surface area contributed by atoms with Crippen molar-refractivity contribution >= 4 is 15.5 Å². The summed E-state index contributed by atoms with van der Waals surface area (Å²) in [7, 11) is -2.16.